The summed E-state index contributed by atoms with van der Waals surface area (Å²) in [5.41, 5.74) is 3.02. The molecule has 29 heavy (non-hydrogen) atoms. The van der Waals surface area contributed by atoms with E-state index >= 15 is 0 Å². The van der Waals surface area contributed by atoms with Crippen molar-refractivity contribution in [2.24, 2.45) is 0 Å². The van der Waals surface area contributed by atoms with Gasteiger partial charge in [0.25, 0.3) is 5.91 Å². The monoisotopic (exact) mass is 390 g/mol. The molecule has 4 rings (SSSR count). The van der Waals surface area contributed by atoms with Gasteiger partial charge in [-0.2, -0.15) is 0 Å². The van der Waals surface area contributed by atoms with E-state index in [9.17, 15) is 4.79 Å². The predicted molar refractivity (Wildman–Crippen MR) is 111 cm³/mol. The predicted octanol–water partition coefficient (Wildman–Crippen LogP) is 3.97. The number of hydrogen-bond acceptors (Lipinski definition) is 6. The van der Waals surface area contributed by atoms with Gasteiger partial charge in [0.05, 0.1) is 0 Å². The molecule has 0 saturated carbocycles. The fourth-order valence-corrected chi connectivity index (χ4v) is 3.17. The number of aryl methyl sites for hydroxylation is 1. The molecule has 2 aromatic carbocycles. The Hall–Kier alpha value is -3.61. The van der Waals surface area contributed by atoms with Crippen molar-refractivity contribution in [2.75, 3.05) is 30.0 Å². The summed E-state index contributed by atoms with van der Waals surface area (Å²) in [4.78, 5) is 23.4. The van der Waals surface area contributed by atoms with Crippen LogP contribution in [0, 0.1) is 6.92 Å². The number of amides is 1. The second-order valence-corrected chi connectivity index (χ2v) is 6.64. The lowest BCUT2D eigenvalue weighted by molar-refractivity contribution is 0.0983. The van der Waals surface area contributed by atoms with E-state index in [1.807, 2.05) is 56.3 Å². The molecule has 1 amide bonds. The van der Waals surface area contributed by atoms with Crippen LogP contribution < -0.4 is 19.7 Å². The SMILES string of the molecule is CCN(C(=O)c1ccnc(Nc2ccc3c(c2)OCCO3)n1)c1cccc(C)c1. The lowest BCUT2D eigenvalue weighted by atomic mass is 10.2. The maximum atomic E-state index is 13.1. The molecule has 0 atom stereocenters. The molecule has 1 N–H and O–H groups in total. The summed E-state index contributed by atoms with van der Waals surface area (Å²) in [6.45, 7) is 5.54. The number of hydrogen-bond donors (Lipinski definition) is 1. The van der Waals surface area contributed by atoms with Crippen LogP contribution in [0.25, 0.3) is 0 Å². The third-order valence-electron chi connectivity index (χ3n) is 4.55. The van der Waals surface area contributed by atoms with Crippen LogP contribution >= 0.6 is 0 Å². The Balaban J connectivity index is 1.55. The van der Waals surface area contributed by atoms with Gasteiger partial charge in [0.2, 0.25) is 5.95 Å². The molecule has 148 valence electrons. The highest BCUT2D eigenvalue weighted by Crippen LogP contribution is 2.33. The van der Waals surface area contributed by atoms with Gasteiger partial charge >= 0.3 is 0 Å². The summed E-state index contributed by atoms with van der Waals surface area (Å²) >= 11 is 0. The van der Waals surface area contributed by atoms with Crippen molar-refractivity contribution in [3.8, 4) is 11.5 Å². The van der Waals surface area contributed by atoms with Crippen LogP contribution in [0.4, 0.5) is 17.3 Å². The highest BCUT2D eigenvalue weighted by Gasteiger charge is 2.18. The number of fused-ring (bicyclic) bond motifs is 1. The largest absolute Gasteiger partial charge is 0.486 e. The Morgan fingerprint density at radius 3 is 2.72 bits per heavy atom. The number of ether oxygens (including phenoxy) is 2. The van der Waals surface area contributed by atoms with Crippen molar-refractivity contribution in [1.29, 1.82) is 0 Å². The number of nitrogens with zero attached hydrogens (tertiary/aromatic N) is 3. The minimum atomic E-state index is -0.175. The van der Waals surface area contributed by atoms with Gasteiger partial charge in [-0.05, 0) is 49.7 Å². The van der Waals surface area contributed by atoms with Crippen molar-refractivity contribution in [3.63, 3.8) is 0 Å². The standard InChI is InChI=1S/C22H22N4O3/c1-3-26(17-6-4-5-15(2)13-17)21(27)18-9-10-23-22(25-18)24-16-7-8-19-20(14-16)29-12-11-28-19/h4-10,13-14H,3,11-12H2,1-2H3,(H,23,24,25). The van der Waals surface area contributed by atoms with Crippen molar-refractivity contribution < 1.29 is 14.3 Å². The molecule has 0 saturated heterocycles. The maximum Gasteiger partial charge on any atom is 0.277 e. The molecule has 1 aliphatic heterocycles. The molecule has 0 radical (unpaired) electrons. The average Bonchev–Trinajstić information content (AvgIpc) is 2.74. The summed E-state index contributed by atoms with van der Waals surface area (Å²) in [6.07, 6.45) is 1.57. The van der Waals surface area contributed by atoms with Gasteiger partial charge in [-0.1, -0.05) is 12.1 Å². The minimum Gasteiger partial charge on any atom is -0.486 e. The first kappa shape index (κ1) is 18.7. The third kappa shape index (κ3) is 4.13. The normalized spacial score (nSPS) is 12.3. The van der Waals surface area contributed by atoms with Crippen LogP contribution in [0.1, 0.15) is 23.0 Å². The van der Waals surface area contributed by atoms with Gasteiger partial charge in [0.15, 0.2) is 11.5 Å². The quantitative estimate of drug-likeness (QED) is 0.710. The molecule has 1 aromatic heterocycles. The Labute approximate surface area is 169 Å². The van der Waals surface area contributed by atoms with Gasteiger partial charge in [0, 0.05) is 30.2 Å². The van der Waals surface area contributed by atoms with Crippen molar-refractivity contribution in [1.82, 2.24) is 9.97 Å². The van der Waals surface area contributed by atoms with Gasteiger partial charge in [-0.25, -0.2) is 9.97 Å². The molecular formula is C22H22N4O3. The highest BCUT2D eigenvalue weighted by atomic mass is 16.6. The van der Waals surface area contributed by atoms with E-state index in [1.54, 1.807) is 17.2 Å². The highest BCUT2D eigenvalue weighted by molar-refractivity contribution is 6.04. The zero-order valence-electron chi connectivity index (χ0n) is 16.4. The molecule has 7 nitrogen and oxygen atoms in total. The Bertz CT molecular complexity index is 1040. The first-order valence-electron chi connectivity index (χ1n) is 9.52. The van der Waals surface area contributed by atoms with Crippen LogP contribution in [0.15, 0.2) is 54.7 Å². The Morgan fingerprint density at radius 2 is 1.93 bits per heavy atom. The average molecular weight is 390 g/mol. The van der Waals surface area contributed by atoms with Gasteiger partial charge in [-0.3, -0.25) is 4.79 Å². The first-order valence-corrected chi connectivity index (χ1v) is 9.52. The molecule has 0 aliphatic carbocycles. The smallest absolute Gasteiger partial charge is 0.277 e. The summed E-state index contributed by atoms with van der Waals surface area (Å²) < 4.78 is 11.1. The zero-order chi connectivity index (χ0) is 20.2. The van der Waals surface area contributed by atoms with Crippen LogP contribution in [-0.2, 0) is 0 Å². The number of rotatable bonds is 5. The number of carbonyl (C=O) groups excluding carboxylic acids is 1. The lowest BCUT2D eigenvalue weighted by Gasteiger charge is -2.21. The Morgan fingerprint density at radius 1 is 1.10 bits per heavy atom. The zero-order valence-corrected chi connectivity index (χ0v) is 16.4. The van der Waals surface area contributed by atoms with Crippen LogP contribution in [0.5, 0.6) is 11.5 Å². The molecule has 0 fully saturated rings. The van der Waals surface area contributed by atoms with E-state index in [1.165, 1.54) is 0 Å². The van der Waals surface area contributed by atoms with Crippen molar-refractivity contribution >= 4 is 23.2 Å². The summed E-state index contributed by atoms with van der Waals surface area (Å²) in [5, 5.41) is 3.13. The summed E-state index contributed by atoms with van der Waals surface area (Å²) in [5.74, 6) is 1.55. The van der Waals surface area contributed by atoms with Gasteiger partial charge in [0.1, 0.15) is 18.9 Å². The van der Waals surface area contributed by atoms with E-state index in [0.29, 0.717) is 42.9 Å². The number of aromatic nitrogens is 2. The second kappa shape index (κ2) is 8.18. The Kier molecular flexibility index (Phi) is 5.29. The summed E-state index contributed by atoms with van der Waals surface area (Å²) in [7, 11) is 0. The van der Waals surface area contributed by atoms with Gasteiger partial charge in [-0.15, -0.1) is 0 Å². The fourth-order valence-electron chi connectivity index (χ4n) is 3.17. The molecular weight excluding hydrogens is 368 g/mol. The van der Waals surface area contributed by atoms with E-state index in [2.05, 4.69) is 15.3 Å². The van der Waals surface area contributed by atoms with E-state index < -0.39 is 0 Å². The molecule has 1 aliphatic rings. The lowest BCUT2D eigenvalue weighted by Crippen LogP contribution is -2.31. The van der Waals surface area contributed by atoms with Crippen LogP contribution in [-0.4, -0.2) is 35.6 Å². The number of nitrogens with one attached hydrogen (secondary N) is 1. The third-order valence-corrected chi connectivity index (χ3v) is 4.55. The second-order valence-electron chi connectivity index (χ2n) is 6.64. The number of anilines is 3. The first-order chi connectivity index (χ1) is 14.1. The molecule has 7 heteroatoms. The van der Waals surface area contributed by atoms with Gasteiger partial charge < -0.3 is 19.7 Å². The van der Waals surface area contributed by atoms with Crippen molar-refractivity contribution in [3.05, 3.63) is 66.0 Å². The van der Waals surface area contributed by atoms with E-state index in [4.69, 9.17) is 9.47 Å². The fraction of sp³-hybridized carbons (Fsp3) is 0.227. The molecule has 0 spiro atoms. The van der Waals surface area contributed by atoms with Crippen LogP contribution in [0.2, 0.25) is 0 Å². The van der Waals surface area contributed by atoms with E-state index in [0.717, 1.165) is 16.9 Å². The van der Waals surface area contributed by atoms with Crippen LogP contribution in [0.3, 0.4) is 0 Å². The number of benzene rings is 2. The van der Waals surface area contributed by atoms with Crippen molar-refractivity contribution in [2.45, 2.75) is 13.8 Å². The molecule has 0 unspecified atom stereocenters. The van der Waals surface area contributed by atoms with E-state index in [-0.39, 0.29) is 5.91 Å². The molecule has 0 bridgehead atoms. The minimum absolute atomic E-state index is 0.175. The molecule has 3 aromatic rings. The summed E-state index contributed by atoms with van der Waals surface area (Å²) in [6, 6.07) is 15.0. The topological polar surface area (TPSA) is 76.6 Å². The molecule has 2 heterocycles. The maximum absolute atomic E-state index is 13.1. The number of carbonyl (C=O) groups is 1.